The lowest BCUT2D eigenvalue weighted by atomic mass is 9.98. The topological polar surface area (TPSA) is 540 Å². The Morgan fingerprint density at radius 1 is 0.473 bits per heavy atom. The Morgan fingerprint density at radius 2 is 0.912 bits per heavy atom. The lowest BCUT2D eigenvalue weighted by molar-refractivity contribution is -0.139. The summed E-state index contributed by atoms with van der Waals surface area (Å²) in [6.07, 6.45) is 0.0573. The van der Waals surface area contributed by atoms with E-state index in [4.69, 9.17) is 22.9 Å². The molecule has 91 heavy (non-hydrogen) atoms. The minimum Gasteiger partial charge on any atom is -0.508 e. The maximum absolute atomic E-state index is 14.0. The molecule has 0 aliphatic carbocycles. The molecule has 9 atom stereocenters. The van der Waals surface area contributed by atoms with E-state index in [1.165, 1.54) is 38.1 Å². The summed E-state index contributed by atoms with van der Waals surface area (Å²) in [5.74, 6) is -13.9. The van der Waals surface area contributed by atoms with Crippen molar-refractivity contribution in [3.63, 3.8) is 0 Å². The maximum Gasteiger partial charge on any atom is 0.303 e. The second kappa shape index (κ2) is 41.2. The fourth-order valence-corrected chi connectivity index (χ4v) is 8.76. The van der Waals surface area contributed by atoms with E-state index in [1.54, 1.807) is 41.5 Å². The molecule has 0 aromatic heterocycles. The average molecular weight is 1290 g/mol. The molecular weight excluding hydrogens is 1190 g/mol. The van der Waals surface area contributed by atoms with E-state index in [-0.39, 0.29) is 62.8 Å². The number of amides is 13. The molecule has 0 aliphatic rings. The Labute approximate surface area is 529 Å². The molecule has 0 heterocycles. The number of phenols is 1. The number of hydrogen-bond donors (Lipinski definition) is 18. The van der Waals surface area contributed by atoms with Gasteiger partial charge in [-0.05, 0) is 99.8 Å². The summed E-state index contributed by atoms with van der Waals surface area (Å²) < 4.78 is 0. The first kappa shape index (κ1) is 79.8. The van der Waals surface area contributed by atoms with Crippen LogP contribution in [-0.4, -0.2) is 186 Å². The van der Waals surface area contributed by atoms with Crippen molar-refractivity contribution in [2.24, 2.45) is 51.6 Å². The summed E-state index contributed by atoms with van der Waals surface area (Å²) in [6.45, 7) is 14.1. The van der Waals surface area contributed by atoms with E-state index in [0.717, 1.165) is 0 Å². The summed E-state index contributed by atoms with van der Waals surface area (Å²) in [5.41, 5.74) is 22.4. The molecule has 0 fully saturated rings. The van der Waals surface area contributed by atoms with Crippen molar-refractivity contribution < 1.29 is 77.3 Å². The lowest BCUT2D eigenvalue weighted by Gasteiger charge is -2.29. The molecule has 1 aromatic rings. The summed E-state index contributed by atoms with van der Waals surface area (Å²) >= 11 is 0. The van der Waals surface area contributed by atoms with Crippen LogP contribution in [0.4, 0.5) is 0 Å². The number of unbranched alkanes of at least 4 members (excludes halogenated alkanes) is 1. The van der Waals surface area contributed by atoms with Crippen molar-refractivity contribution in [3.05, 3.63) is 29.8 Å². The van der Waals surface area contributed by atoms with Gasteiger partial charge in [-0.2, -0.15) is 0 Å². The van der Waals surface area contributed by atoms with Gasteiger partial charge >= 0.3 is 5.97 Å². The second-order valence-electron chi connectivity index (χ2n) is 23.3. The number of nitrogens with two attached hydrogens (primary N) is 4. The van der Waals surface area contributed by atoms with Gasteiger partial charge in [-0.25, -0.2) is 0 Å². The van der Waals surface area contributed by atoms with Gasteiger partial charge in [0.15, 0.2) is 5.96 Å². The van der Waals surface area contributed by atoms with Gasteiger partial charge in [-0.1, -0.05) is 67.5 Å². The number of rotatable bonds is 42. The summed E-state index contributed by atoms with van der Waals surface area (Å²) in [5, 5.41) is 49.3. The zero-order chi connectivity index (χ0) is 69.2. The number of phenolic OH excluding ortho intramolecular Hbond substituents is 1. The first-order chi connectivity index (χ1) is 42.6. The number of aliphatic imine (C=N–C) groups is 1. The van der Waals surface area contributed by atoms with E-state index in [2.05, 4.69) is 68.8 Å². The Bertz CT molecular complexity index is 2690. The van der Waals surface area contributed by atoms with Crippen LogP contribution in [0.15, 0.2) is 29.3 Å². The number of carboxylic acid groups (broad SMARTS) is 1. The highest BCUT2D eigenvalue weighted by atomic mass is 16.4. The number of carboxylic acids is 1. The van der Waals surface area contributed by atoms with Crippen molar-refractivity contribution in [3.8, 4) is 5.75 Å². The fourth-order valence-electron chi connectivity index (χ4n) is 8.76. The highest BCUT2D eigenvalue weighted by Crippen LogP contribution is 2.14. The molecule has 1 rings (SSSR count). The van der Waals surface area contributed by atoms with Crippen molar-refractivity contribution in [2.75, 3.05) is 32.7 Å². The normalized spacial score (nSPS) is 14.0. The molecular formula is C58H97N17O16. The van der Waals surface area contributed by atoms with Crippen LogP contribution < -0.4 is 86.7 Å². The van der Waals surface area contributed by atoms with Gasteiger partial charge in [-0.15, -0.1) is 0 Å². The zero-order valence-electron chi connectivity index (χ0n) is 53.6. The Hall–Kier alpha value is -9.17. The molecule has 13 amide bonds. The molecule has 33 nitrogen and oxygen atoms in total. The molecule has 0 aliphatic heterocycles. The molecule has 0 radical (unpaired) electrons. The van der Waals surface area contributed by atoms with Crippen LogP contribution in [0.5, 0.6) is 5.75 Å². The van der Waals surface area contributed by atoms with Crippen molar-refractivity contribution >= 4 is 88.7 Å². The number of carbonyl (C=O) groups is 14. The lowest BCUT2D eigenvalue weighted by Crippen LogP contribution is -2.61. The van der Waals surface area contributed by atoms with Crippen LogP contribution in [0, 0.1) is 23.7 Å². The van der Waals surface area contributed by atoms with Gasteiger partial charge in [0.1, 0.15) is 60.1 Å². The number of benzene rings is 1. The maximum atomic E-state index is 14.0. The molecule has 0 bridgehead atoms. The third-order valence-corrected chi connectivity index (χ3v) is 13.7. The number of hydrogen-bond acceptors (Lipinski definition) is 17. The molecule has 22 N–H and O–H groups in total. The van der Waals surface area contributed by atoms with Gasteiger partial charge in [-0.3, -0.25) is 72.1 Å². The van der Waals surface area contributed by atoms with Crippen molar-refractivity contribution in [1.29, 1.82) is 0 Å². The first-order valence-corrected chi connectivity index (χ1v) is 30.1. The number of carbonyl (C=O) groups excluding carboxylic acids is 13. The third kappa shape index (κ3) is 32.2. The van der Waals surface area contributed by atoms with E-state index < -0.39 is 187 Å². The molecule has 0 saturated heterocycles. The van der Waals surface area contributed by atoms with Gasteiger partial charge in [0.25, 0.3) is 0 Å². The molecule has 0 saturated carbocycles. The zero-order valence-corrected chi connectivity index (χ0v) is 53.6. The van der Waals surface area contributed by atoms with Gasteiger partial charge in [0, 0.05) is 26.3 Å². The standard InChI is InChI=1S/C58H97N17O16/c1-29(2)24-40(68-34(10)76)52(86)65-27-43(79)69-37(15-13-23-63-58(61)62)51(85)64-26-42(78)67-33(9)50(84)72-41(25-35-16-18-36(77)19-17-35)53(87)66-28-44(80)73-47(31(5)6)57(91)75-48(32(7)8)56(90)71-39(20-21-45(81)82)54(88)70-38(14-11-12-22-59)55(89)74-46(30(3)4)49(60)83/h16-19,29-33,37-41,46-48,77H,11-15,20-28,59H2,1-10H3,(H2,60,83)(H,64,85)(H,65,86)(H,66,87)(H,67,78)(H,68,76)(H,69,79)(H,70,88)(H,71,90)(H,72,84)(H,73,80)(H,74,89)(H,75,91)(H,81,82)(H4,61,62,63)/t33-,37-,38-,39-,40-,41-,46-,47-,48-/m0/s1. The number of nitrogens with zero attached hydrogens (tertiary/aromatic N) is 1. The van der Waals surface area contributed by atoms with E-state index >= 15 is 0 Å². The summed E-state index contributed by atoms with van der Waals surface area (Å²) in [7, 11) is 0. The number of nitrogens with one attached hydrogen (secondary N) is 12. The van der Waals surface area contributed by atoms with Crippen molar-refractivity contribution in [1.82, 2.24) is 63.8 Å². The first-order valence-electron chi connectivity index (χ1n) is 30.1. The number of aliphatic carboxylic acids is 1. The molecule has 33 heteroatoms. The smallest absolute Gasteiger partial charge is 0.303 e. The van der Waals surface area contributed by atoms with E-state index in [1.807, 2.05) is 13.8 Å². The SMILES string of the molecule is CC(=O)N[C@@H](CC(C)C)C(=O)NCC(=O)N[C@@H](CCCN=C(N)N)C(=O)NCC(=O)N[C@@H](C)C(=O)N[C@@H](Cc1ccc(O)cc1)C(=O)NCC(=O)N[C@H](C(=O)N[C@H](C(=O)N[C@@H](CCC(=O)O)C(=O)N[C@@H](CCCCN)C(=O)N[C@H](C(N)=O)C(C)C)C(C)C)C(C)C. The van der Waals surface area contributed by atoms with Crippen LogP contribution in [0.2, 0.25) is 0 Å². The molecule has 510 valence electrons. The fraction of sp³-hybridized carbons (Fsp3) is 0.638. The van der Waals surface area contributed by atoms with Crippen LogP contribution in [0.1, 0.15) is 126 Å². The predicted molar refractivity (Wildman–Crippen MR) is 332 cm³/mol. The Balaban J connectivity index is 3.22. The van der Waals surface area contributed by atoms with Gasteiger partial charge in [0.2, 0.25) is 76.8 Å². The molecule has 1 aromatic carbocycles. The van der Waals surface area contributed by atoms with E-state index in [0.29, 0.717) is 18.4 Å². The number of guanidine groups is 1. The van der Waals surface area contributed by atoms with Crippen molar-refractivity contribution in [2.45, 2.75) is 181 Å². The molecule has 0 spiro atoms. The highest BCUT2D eigenvalue weighted by Gasteiger charge is 2.36. The monoisotopic (exact) mass is 1290 g/mol. The minimum atomic E-state index is -1.55. The van der Waals surface area contributed by atoms with Gasteiger partial charge < -0.3 is 96.9 Å². The third-order valence-electron chi connectivity index (χ3n) is 13.7. The van der Waals surface area contributed by atoms with E-state index in [9.17, 15) is 77.3 Å². The number of primary amides is 1. The summed E-state index contributed by atoms with van der Waals surface area (Å²) in [6, 6.07) is -6.03. The average Bonchev–Trinajstić information content (AvgIpc) is 1.38. The second-order valence-corrected chi connectivity index (χ2v) is 23.3. The highest BCUT2D eigenvalue weighted by molar-refractivity contribution is 5.98. The van der Waals surface area contributed by atoms with Crippen LogP contribution in [-0.2, 0) is 73.5 Å². The summed E-state index contributed by atoms with van der Waals surface area (Å²) in [4.78, 5) is 188. The molecule has 0 unspecified atom stereocenters. The quantitative estimate of drug-likeness (QED) is 0.0166. The van der Waals surface area contributed by atoms with Crippen LogP contribution in [0.3, 0.4) is 0 Å². The number of aromatic hydroxyl groups is 1. The largest absolute Gasteiger partial charge is 0.508 e. The Kier molecular flexibility index (Phi) is 36.1. The van der Waals surface area contributed by atoms with Crippen LogP contribution >= 0.6 is 0 Å². The van der Waals surface area contributed by atoms with Gasteiger partial charge in [0.05, 0.1) is 19.6 Å². The Morgan fingerprint density at radius 3 is 1.42 bits per heavy atom. The predicted octanol–water partition coefficient (Wildman–Crippen LogP) is -4.77. The minimum absolute atomic E-state index is 0.0166. The van der Waals surface area contributed by atoms with Crippen LogP contribution in [0.25, 0.3) is 0 Å².